The van der Waals surface area contributed by atoms with Gasteiger partial charge in [-0.3, -0.25) is 0 Å². The Bertz CT molecular complexity index is 196. The van der Waals surface area contributed by atoms with E-state index in [2.05, 4.69) is 32.0 Å². The van der Waals surface area contributed by atoms with Crippen LogP contribution in [0.5, 0.6) is 0 Å². The van der Waals surface area contributed by atoms with E-state index in [0.717, 1.165) is 13.0 Å². The number of aliphatic hydroxyl groups is 1. The summed E-state index contributed by atoms with van der Waals surface area (Å²) in [5.74, 6) is 3.41. The Kier molecular flexibility index (Phi) is 2.94. The molecule has 0 amide bonds. The van der Waals surface area contributed by atoms with Gasteiger partial charge in [-0.25, -0.2) is 0 Å². The summed E-state index contributed by atoms with van der Waals surface area (Å²) in [6.07, 6.45) is 0.933. The first kappa shape index (κ1) is 9.05. The predicted molar refractivity (Wildman–Crippen MR) is 48.3 cm³/mol. The summed E-state index contributed by atoms with van der Waals surface area (Å²) < 4.78 is 0. The molecule has 0 bridgehead atoms. The molecule has 1 saturated heterocycles. The van der Waals surface area contributed by atoms with E-state index >= 15 is 0 Å². The van der Waals surface area contributed by atoms with Crippen molar-refractivity contribution in [3.8, 4) is 10.8 Å². The van der Waals surface area contributed by atoms with Crippen molar-refractivity contribution < 1.29 is 5.11 Å². The molecule has 0 saturated carbocycles. The van der Waals surface area contributed by atoms with Gasteiger partial charge in [0.2, 0.25) is 0 Å². The van der Waals surface area contributed by atoms with E-state index in [1.54, 1.807) is 0 Å². The molecule has 1 aliphatic heterocycles. The fourth-order valence-corrected chi connectivity index (χ4v) is 1.68. The fraction of sp³-hybridized carbons (Fsp3) is 0.750. The van der Waals surface area contributed by atoms with Crippen molar-refractivity contribution in [1.82, 2.24) is 5.32 Å². The fourth-order valence-electron chi connectivity index (χ4n) is 1.36. The topological polar surface area (TPSA) is 32.3 Å². The molecular weight excluding hydrogens is 206 g/mol. The molecule has 0 aromatic heterocycles. The molecule has 1 unspecified atom stereocenters. The second kappa shape index (κ2) is 3.57. The Morgan fingerprint density at radius 1 is 1.82 bits per heavy atom. The minimum absolute atomic E-state index is 0.110. The standard InChI is InChI=1S/C8H12BrNO/c1-8(6-11)4-7(2-3-9)5-10-8/h7,10-11H,4-6H2,1H3/t7?,8-/m1/s1. The van der Waals surface area contributed by atoms with Crippen LogP contribution < -0.4 is 5.32 Å². The Morgan fingerprint density at radius 2 is 2.55 bits per heavy atom. The van der Waals surface area contributed by atoms with Gasteiger partial charge < -0.3 is 10.4 Å². The van der Waals surface area contributed by atoms with Gasteiger partial charge in [-0.15, -0.1) is 0 Å². The molecule has 2 nitrogen and oxygen atoms in total. The van der Waals surface area contributed by atoms with E-state index in [9.17, 15) is 0 Å². The number of aliphatic hydroxyl groups excluding tert-OH is 1. The van der Waals surface area contributed by atoms with E-state index in [-0.39, 0.29) is 12.1 Å². The number of rotatable bonds is 1. The Hall–Kier alpha value is -0.0400. The zero-order valence-electron chi connectivity index (χ0n) is 6.52. The van der Waals surface area contributed by atoms with Crippen LogP contribution in [0.2, 0.25) is 0 Å². The van der Waals surface area contributed by atoms with Gasteiger partial charge in [0.1, 0.15) is 0 Å². The maximum atomic E-state index is 8.99. The molecule has 3 heteroatoms. The largest absolute Gasteiger partial charge is 0.394 e. The van der Waals surface area contributed by atoms with E-state index in [1.807, 2.05) is 6.92 Å². The zero-order valence-corrected chi connectivity index (χ0v) is 8.11. The van der Waals surface area contributed by atoms with Crippen molar-refractivity contribution in [3.63, 3.8) is 0 Å². The van der Waals surface area contributed by atoms with Gasteiger partial charge in [-0.2, -0.15) is 0 Å². The summed E-state index contributed by atoms with van der Waals surface area (Å²) in [7, 11) is 0. The minimum Gasteiger partial charge on any atom is -0.394 e. The maximum Gasteiger partial charge on any atom is 0.0611 e. The van der Waals surface area contributed by atoms with E-state index in [0.29, 0.717) is 5.92 Å². The number of halogens is 1. The lowest BCUT2D eigenvalue weighted by Gasteiger charge is -2.20. The third-order valence-corrected chi connectivity index (χ3v) is 2.31. The van der Waals surface area contributed by atoms with Gasteiger partial charge >= 0.3 is 0 Å². The molecule has 62 valence electrons. The maximum absolute atomic E-state index is 8.99. The highest BCUT2D eigenvalue weighted by molar-refractivity contribution is 9.12. The van der Waals surface area contributed by atoms with E-state index < -0.39 is 0 Å². The normalized spacial score (nSPS) is 36.5. The third kappa shape index (κ3) is 2.19. The van der Waals surface area contributed by atoms with Gasteiger partial charge in [0.25, 0.3) is 0 Å². The molecular formula is C8H12BrNO. The van der Waals surface area contributed by atoms with E-state index in [4.69, 9.17) is 5.11 Å². The Labute approximate surface area is 75.5 Å². The summed E-state index contributed by atoms with van der Waals surface area (Å²) in [6, 6.07) is 0. The Balaban J connectivity index is 2.50. The average Bonchev–Trinajstić information content (AvgIpc) is 2.35. The van der Waals surface area contributed by atoms with Gasteiger partial charge in [0.15, 0.2) is 0 Å². The summed E-state index contributed by atoms with van der Waals surface area (Å²) in [4.78, 5) is 2.71. The first-order valence-electron chi connectivity index (χ1n) is 3.67. The van der Waals surface area contributed by atoms with Gasteiger partial charge in [-0.05, 0) is 18.2 Å². The SMILES string of the molecule is C[C@]1(CO)CC(C#CBr)CN1. The minimum atomic E-state index is -0.110. The lowest BCUT2D eigenvalue weighted by molar-refractivity contribution is 0.191. The Morgan fingerprint density at radius 3 is 3.00 bits per heavy atom. The third-order valence-electron chi connectivity index (χ3n) is 2.08. The van der Waals surface area contributed by atoms with Crippen molar-refractivity contribution in [2.45, 2.75) is 18.9 Å². The molecule has 0 aliphatic carbocycles. The van der Waals surface area contributed by atoms with Crippen molar-refractivity contribution >= 4 is 15.9 Å². The summed E-state index contributed by atoms with van der Waals surface area (Å²) in [6.45, 7) is 3.09. The number of hydrogen-bond donors (Lipinski definition) is 2. The van der Waals surface area contributed by atoms with E-state index in [1.165, 1.54) is 0 Å². The molecule has 1 aliphatic rings. The van der Waals surface area contributed by atoms with Gasteiger partial charge in [0, 0.05) is 33.9 Å². The molecule has 1 heterocycles. The van der Waals surface area contributed by atoms with Crippen LogP contribution in [0, 0.1) is 16.7 Å². The predicted octanol–water partition coefficient (Wildman–Crippen LogP) is 0.703. The smallest absolute Gasteiger partial charge is 0.0611 e. The summed E-state index contributed by atoms with van der Waals surface area (Å²) in [5.41, 5.74) is -0.110. The molecule has 0 aromatic carbocycles. The second-order valence-electron chi connectivity index (χ2n) is 3.24. The second-order valence-corrected chi connectivity index (χ2v) is 3.64. The van der Waals surface area contributed by atoms with Crippen LogP contribution in [0.3, 0.4) is 0 Å². The zero-order chi connectivity index (χ0) is 8.32. The lowest BCUT2D eigenvalue weighted by atomic mass is 9.96. The van der Waals surface area contributed by atoms with Crippen LogP contribution in [-0.2, 0) is 0 Å². The average molecular weight is 218 g/mol. The molecule has 2 N–H and O–H groups in total. The van der Waals surface area contributed by atoms with Crippen LogP contribution in [0.1, 0.15) is 13.3 Å². The number of hydrogen-bond acceptors (Lipinski definition) is 2. The lowest BCUT2D eigenvalue weighted by Crippen LogP contribution is -2.39. The highest BCUT2D eigenvalue weighted by atomic mass is 79.9. The van der Waals surface area contributed by atoms with Crippen molar-refractivity contribution in [3.05, 3.63) is 0 Å². The molecule has 0 radical (unpaired) electrons. The van der Waals surface area contributed by atoms with Crippen molar-refractivity contribution in [1.29, 1.82) is 0 Å². The summed E-state index contributed by atoms with van der Waals surface area (Å²) in [5, 5.41) is 12.2. The first-order chi connectivity index (χ1) is 5.20. The van der Waals surface area contributed by atoms with Crippen LogP contribution in [-0.4, -0.2) is 23.8 Å². The van der Waals surface area contributed by atoms with Crippen molar-refractivity contribution in [2.24, 2.45) is 5.92 Å². The molecule has 11 heavy (non-hydrogen) atoms. The quantitative estimate of drug-likeness (QED) is 0.635. The molecule has 1 fully saturated rings. The monoisotopic (exact) mass is 217 g/mol. The van der Waals surface area contributed by atoms with Crippen LogP contribution in [0.4, 0.5) is 0 Å². The highest BCUT2D eigenvalue weighted by Gasteiger charge is 2.32. The van der Waals surface area contributed by atoms with Crippen LogP contribution >= 0.6 is 15.9 Å². The number of nitrogens with one attached hydrogen (secondary N) is 1. The molecule has 0 spiro atoms. The van der Waals surface area contributed by atoms with Crippen LogP contribution in [0.25, 0.3) is 0 Å². The molecule has 0 aromatic rings. The molecule has 2 atom stereocenters. The van der Waals surface area contributed by atoms with Gasteiger partial charge in [0.05, 0.1) is 6.61 Å². The highest BCUT2D eigenvalue weighted by Crippen LogP contribution is 2.22. The van der Waals surface area contributed by atoms with Gasteiger partial charge in [-0.1, -0.05) is 5.92 Å². The van der Waals surface area contributed by atoms with Crippen LogP contribution in [0.15, 0.2) is 0 Å². The first-order valence-corrected chi connectivity index (χ1v) is 4.46. The summed E-state index contributed by atoms with van der Waals surface area (Å²) >= 11 is 3.07. The molecule has 1 rings (SSSR count). The van der Waals surface area contributed by atoms with Crippen molar-refractivity contribution in [2.75, 3.05) is 13.2 Å².